The van der Waals surface area contributed by atoms with Crippen LogP contribution < -0.4 is 4.90 Å². The van der Waals surface area contributed by atoms with Gasteiger partial charge in [0.2, 0.25) is 0 Å². The molecule has 10 aromatic rings. The van der Waals surface area contributed by atoms with E-state index in [-0.39, 0.29) is 0 Å². The molecule has 0 aliphatic rings. The van der Waals surface area contributed by atoms with E-state index in [1.807, 2.05) is 11.3 Å². The fourth-order valence-corrected chi connectivity index (χ4v) is 8.61. The van der Waals surface area contributed by atoms with Crippen molar-refractivity contribution in [3.05, 3.63) is 182 Å². The molecule has 0 spiro atoms. The summed E-state index contributed by atoms with van der Waals surface area (Å²) in [6.07, 6.45) is 0. The minimum Gasteiger partial charge on any atom is -0.310 e. The fraction of sp³-hybridized carbons (Fsp3) is 0. The summed E-state index contributed by atoms with van der Waals surface area (Å²) in [5.74, 6) is 0. The third-order valence-electron chi connectivity index (χ3n) is 9.77. The molecule has 0 saturated heterocycles. The fourth-order valence-electron chi connectivity index (χ4n) is 7.52. The Morgan fingerprint density at radius 3 is 1.86 bits per heavy atom. The van der Waals surface area contributed by atoms with Crippen LogP contribution in [-0.4, -0.2) is 4.57 Å². The minimum absolute atomic E-state index is 1.12. The predicted molar refractivity (Wildman–Crippen MR) is 211 cm³/mol. The van der Waals surface area contributed by atoms with Crippen LogP contribution in [0.2, 0.25) is 0 Å². The molecule has 0 radical (unpaired) electrons. The quantitative estimate of drug-likeness (QED) is 0.181. The monoisotopic (exact) mass is 642 g/mol. The first kappa shape index (κ1) is 27.9. The number of aromatic nitrogens is 1. The molecule has 0 bridgehead atoms. The van der Waals surface area contributed by atoms with Crippen molar-refractivity contribution in [2.45, 2.75) is 0 Å². The molecule has 0 unspecified atom stereocenters. The van der Waals surface area contributed by atoms with E-state index in [0.717, 1.165) is 22.7 Å². The van der Waals surface area contributed by atoms with E-state index < -0.39 is 0 Å². The van der Waals surface area contributed by atoms with Crippen molar-refractivity contribution in [2.75, 3.05) is 4.90 Å². The molecular formula is C46H30N2S. The molecule has 0 aliphatic heterocycles. The van der Waals surface area contributed by atoms with Crippen molar-refractivity contribution in [2.24, 2.45) is 0 Å². The van der Waals surface area contributed by atoms with Gasteiger partial charge in [0, 0.05) is 53.7 Å². The molecule has 49 heavy (non-hydrogen) atoms. The molecule has 0 aliphatic carbocycles. The number of hydrogen-bond acceptors (Lipinski definition) is 2. The molecule has 0 N–H and O–H groups in total. The Labute approximate surface area is 288 Å². The van der Waals surface area contributed by atoms with Gasteiger partial charge in [-0.05, 0) is 94.7 Å². The lowest BCUT2D eigenvalue weighted by Gasteiger charge is -2.26. The molecule has 0 atom stereocenters. The largest absolute Gasteiger partial charge is 0.310 e. The highest BCUT2D eigenvalue weighted by Crippen LogP contribution is 2.43. The van der Waals surface area contributed by atoms with Crippen molar-refractivity contribution in [3.8, 4) is 16.8 Å². The van der Waals surface area contributed by atoms with E-state index in [4.69, 9.17) is 0 Å². The van der Waals surface area contributed by atoms with E-state index in [2.05, 4.69) is 191 Å². The maximum absolute atomic E-state index is 2.41. The smallest absolute Gasteiger partial charge is 0.0542 e. The molecular weight excluding hydrogens is 613 g/mol. The maximum Gasteiger partial charge on any atom is 0.0542 e. The summed E-state index contributed by atoms with van der Waals surface area (Å²) >= 11 is 1.86. The van der Waals surface area contributed by atoms with Gasteiger partial charge in [0.05, 0.1) is 11.0 Å². The highest BCUT2D eigenvalue weighted by Gasteiger charge is 2.19. The van der Waals surface area contributed by atoms with E-state index in [0.29, 0.717) is 0 Å². The lowest BCUT2D eigenvalue weighted by molar-refractivity contribution is 1.18. The van der Waals surface area contributed by atoms with Gasteiger partial charge in [-0.2, -0.15) is 0 Å². The van der Waals surface area contributed by atoms with Crippen LogP contribution in [0.5, 0.6) is 0 Å². The van der Waals surface area contributed by atoms with E-state index >= 15 is 0 Å². The average Bonchev–Trinajstić information content (AvgIpc) is 3.71. The first-order valence-corrected chi connectivity index (χ1v) is 17.5. The molecule has 0 fully saturated rings. The number of fused-ring (bicyclic) bond motifs is 7. The highest BCUT2D eigenvalue weighted by molar-refractivity contribution is 7.25. The third kappa shape index (κ3) is 4.55. The zero-order chi connectivity index (χ0) is 32.3. The molecule has 2 nitrogen and oxygen atoms in total. The Kier molecular flexibility index (Phi) is 6.39. The van der Waals surface area contributed by atoms with Crippen LogP contribution in [0.3, 0.4) is 0 Å². The lowest BCUT2D eigenvalue weighted by atomic mass is 9.98. The number of para-hydroxylation sites is 2. The van der Waals surface area contributed by atoms with Gasteiger partial charge in [0.25, 0.3) is 0 Å². The second-order valence-corrected chi connectivity index (χ2v) is 13.7. The minimum atomic E-state index is 1.12. The summed E-state index contributed by atoms with van der Waals surface area (Å²) in [6.45, 7) is 0. The van der Waals surface area contributed by atoms with Crippen molar-refractivity contribution >= 4 is 81.1 Å². The predicted octanol–water partition coefficient (Wildman–Crippen LogP) is 13.4. The van der Waals surface area contributed by atoms with Gasteiger partial charge in [0.15, 0.2) is 0 Å². The second kappa shape index (κ2) is 11.2. The topological polar surface area (TPSA) is 8.17 Å². The Bertz CT molecular complexity index is 2820. The standard InChI is InChI=1S/C46H30N2S/c1-2-13-33(14-3-1)48-43-19-8-6-16-39(43)41-29-35(25-27-44(41)48)47(36-26-28-46-42(30-36)40-17-7-9-20-45(40)49-46)34-23-21-32(22-24-34)38-18-10-12-31-11-4-5-15-37(31)38/h1-30H. The summed E-state index contributed by atoms with van der Waals surface area (Å²) in [5.41, 5.74) is 9.41. The van der Waals surface area contributed by atoms with E-state index in [9.17, 15) is 0 Å². The number of nitrogens with zero attached hydrogens (tertiary/aromatic N) is 2. The zero-order valence-corrected chi connectivity index (χ0v) is 27.4. The molecule has 2 aromatic heterocycles. The first-order chi connectivity index (χ1) is 24.3. The summed E-state index contributed by atoms with van der Waals surface area (Å²) in [4.78, 5) is 2.41. The second-order valence-electron chi connectivity index (χ2n) is 12.6. The summed E-state index contributed by atoms with van der Waals surface area (Å²) in [6, 6.07) is 66.2. The molecule has 10 rings (SSSR count). The molecule has 0 amide bonds. The van der Waals surface area contributed by atoms with Crippen molar-refractivity contribution in [1.29, 1.82) is 0 Å². The average molecular weight is 643 g/mol. The number of benzene rings is 8. The van der Waals surface area contributed by atoms with Crippen molar-refractivity contribution in [3.63, 3.8) is 0 Å². The normalized spacial score (nSPS) is 11.7. The van der Waals surface area contributed by atoms with Gasteiger partial charge >= 0.3 is 0 Å². The van der Waals surface area contributed by atoms with Crippen LogP contribution in [0.1, 0.15) is 0 Å². The third-order valence-corrected chi connectivity index (χ3v) is 10.9. The van der Waals surface area contributed by atoms with Crippen LogP contribution >= 0.6 is 11.3 Å². The van der Waals surface area contributed by atoms with Gasteiger partial charge in [0.1, 0.15) is 0 Å². The number of rotatable bonds is 5. The van der Waals surface area contributed by atoms with Gasteiger partial charge in [-0.1, -0.05) is 109 Å². The van der Waals surface area contributed by atoms with Crippen LogP contribution in [0.15, 0.2) is 182 Å². The van der Waals surface area contributed by atoms with Gasteiger partial charge in [-0.25, -0.2) is 0 Å². The lowest BCUT2D eigenvalue weighted by Crippen LogP contribution is -2.09. The summed E-state index contributed by atoms with van der Waals surface area (Å²) in [7, 11) is 0. The highest BCUT2D eigenvalue weighted by atomic mass is 32.1. The van der Waals surface area contributed by atoms with Gasteiger partial charge < -0.3 is 9.47 Å². The van der Waals surface area contributed by atoms with Crippen molar-refractivity contribution < 1.29 is 0 Å². The Morgan fingerprint density at radius 1 is 0.388 bits per heavy atom. The number of thiophene rings is 1. The van der Waals surface area contributed by atoms with Crippen LogP contribution in [0, 0.1) is 0 Å². The first-order valence-electron chi connectivity index (χ1n) is 16.7. The summed E-state index contributed by atoms with van der Waals surface area (Å²) < 4.78 is 5.00. The number of hydrogen-bond donors (Lipinski definition) is 0. The van der Waals surface area contributed by atoms with Crippen LogP contribution in [-0.2, 0) is 0 Å². The van der Waals surface area contributed by atoms with Gasteiger partial charge in [-0.15, -0.1) is 11.3 Å². The molecule has 0 saturated carbocycles. The Balaban J connectivity index is 1.18. The summed E-state index contributed by atoms with van der Waals surface area (Å²) in [5, 5.41) is 7.59. The SMILES string of the molecule is c1ccc(-n2c3ccccc3c3cc(N(c4ccc(-c5cccc6ccccc56)cc4)c4ccc5sc6ccccc6c5c4)ccc32)cc1. The Morgan fingerprint density at radius 2 is 1.00 bits per heavy atom. The molecule has 2 heterocycles. The van der Waals surface area contributed by atoms with Gasteiger partial charge in [-0.3, -0.25) is 0 Å². The maximum atomic E-state index is 2.41. The van der Waals surface area contributed by atoms with E-state index in [1.165, 1.54) is 63.9 Å². The Hall–Kier alpha value is -6.16. The molecule has 8 aromatic carbocycles. The van der Waals surface area contributed by atoms with Crippen molar-refractivity contribution in [1.82, 2.24) is 4.57 Å². The molecule has 230 valence electrons. The van der Waals surface area contributed by atoms with E-state index in [1.54, 1.807) is 0 Å². The van der Waals surface area contributed by atoms with Crippen LogP contribution in [0.25, 0.3) is 69.6 Å². The number of anilines is 3. The zero-order valence-electron chi connectivity index (χ0n) is 26.6. The molecule has 3 heteroatoms. The van der Waals surface area contributed by atoms with Crippen LogP contribution in [0.4, 0.5) is 17.1 Å².